The molecule has 0 heterocycles. The third-order valence-electron chi connectivity index (χ3n) is 2.45. The van der Waals surface area contributed by atoms with Gasteiger partial charge in [-0.15, -0.1) is 0 Å². The van der Waals surface area contributed by atoms with Gasteiger partial charge in [0, 0.05) is 6.04 Å². The van der Waals surface area contributed by atoms with E-state index in [-0.39, 0.29) is 5.91 Å². The molecule has 0 aromatic rings. The number of hydrogen-bond acceptors (Lipinski definition) is 1. The average molecular weight is 165 g/mol. The summed E-state index contributed by atoms with van der Waals surface area (Å²) in [7, 11) is 0. The maximum Gasteiger partial charge on any atom is 0.296 e. The Hall–Kier alpha value is -0.970. The van der Waals surface area contributed by atoms with Crippen molar-refractivity contribution in [2.24, 2.45) is 5.92 Å². The smallest absolute Gasteiger partial charge is 0.296 e. The van der Waals surface area contributed by atoms with Crippen LogP contribution in [0.15, 0.2) is 0 Å². The zero-order chi connectivity index (χ0) is 8.97. The summed E-state index contributed by atoms with van der Waals surface area (Å²) in [5, 5.41) is 2.87. The minimum atomic E-state index is -0.142. The van der Waals surface area contributed by atoms with Crippen molar-refractivity contribution in [1.29, 1.82) is 0 Å². The summed E-state index contributed by atoms with van der Waals surface area (Å²) in [6.07, 6.45) is 3.81. The van der Waals surface area contributed by atoms with Crippen molar-refractivity contribution in [3.8, 4) is 11.8 Å². The van der Waals surface area contributed by atoms with Gasteiger partial charge in [0.1, 0.15) is 0 Å². The molecule has 1 unspecified atom stereocenters. The van der Waals surface area contributed by atoms with E-state index in [1.807, 2.05) is 0 Å². The van der Waals surface area contributed by atoms with Gasteiger partial charge in [0.2, 0.25) is 0 Å². The molecule has 1 fully saturated rings. The Bertz CT molecular complexity index is 220. The van der Waals surface area contributed by atoms with E-state index in [9.17, 15) is 4.79 Å². The van der Waals surface area contributed by atoms with Gasteiger partial charge < -0.3 is 5.32 Å². The first kappa shape index (κ1) is 9.12. The predicted molar refractivity (Wildman–Crippen MR) is 48.4 cm³/mol. The van der Waals surface area contributed by atoms with Crippen LogP contribution in [0.1, 0.15) is 33.1 Å². The molecule has 1 amide bonds. The first-order valence-corrected chi connectivity index (χ1v) is 4.47. The number of nitrogens with one attached hydrogen (secondary N) is 1. The highest BCUT2D eigenvalue weighted by atomic mass is 16.1. The van der Waals surface area contributed by atoms with E-state index in [0.717, 1.165) is 0 Å². The summed E-state index contributed by atoms with van der Waals surface area (Å²) in [4.78, 5) is 11.0. The van der Waals surface area contributed by atoms with E-state index >= 15 is 0 Å². The van der Waals surface area contributed by atoms with Crippen molar-refractivity contribution in [1.82, 2.24) is 5.32 Å². The highest BCUT2D eigenvalue weighted by Crippen LogP contribution is 2.29. The lowest BCUT2D eigenvalue weighted by atomic mass is 9.80. The fourth-order valence-corrected chi connectivity index (χ4v) is 1.41. The van der Waals surface area contributed by atoms with Crippen LogP contribution in [-0.4, -0.2) is 11.9 Å². The lowest BCUT2D eigenvalue weighted by Crippen LogP contribution is -2.40. The molecule has 0 aliphatic heterocycles. The first-order chi connectivity index (χ1) is 5.74. The van der Waals surface area contributed by atoms with Crippen LogP contribution in [0.25, 0.3) is 0 Å². The van der Waals surface area contributed by atoms with Gasteiger partial charge in [0.15, 0.2) is 0 Å². The van der Waals surface area contributed by atoms with Crippen LogP contribution in [0, 0.1) is 17.8 Å². The summed E-state index contributed by atoms with van der Waals surface area (Å²) >= 11 is 0. The zero-order valence-electron chi connectivity index (χ0n) is 7.68. The standard InChI is InChI=1S/C10H15NO/c1-3-5-10(12)11-8(2)9-6-4-7-9/h8-9H,4,6-7H2,1-2H3,(H,11,12). The third kappa shape index (κ3) is 2.27. The Morgan fingerprint density at radius 1 is 1.58 bits per heavy atom. The topological polar surface area (TPSA) is 29.1 Å². The molecule has 0 aromatic carbocycles. The predicted octanol–water partition coefficient (Wildman–Crippen LogP) is 1.31. The van der Waals surface area contributed by atoms with Crippen molar-refractivity contribution in [2.75, 3.05) is 0 Å². The third-order valence-corrected chi connectivity index (χ3v) is 2.45. The van der Waals surface area contributed by atoms with E-state index < -0.39 is 0 Å². The molecule has 12 heavy (non-hydrogen) atoms. The van der Waals surface area contributed by atoms with Crippen LogP contribution >= 0.6 is 0 Å². The first-order valence-electron chi connectivity index (χ1n) is 4.47. The van der Waals surface area contributed by atoms with Crippen molar-refractivity contribution in [3.05, 3.63) is 0 Å². The maximum atomic E-state index is 11.0. The van der Waals surface area contributed by atoms with Crippen LogP contribution in [0.5, 0.6) is 0 Å². The Morgan fingerprint density at radius 2 is 2.25 bits per heavy atom. The quantitative estimate of drug-likeness (QED) is 0.614. The normalized spacial score (nSPS) is 18.5. The SMILES string of the molecule is CC#CC(=O)NC(C)C1CCC1. The lowest BCUT2D eigenvalue weighted by Gasteiger charge is -2.31. The van der Waals surface area contributed by atoms with Gasteiger partial charge in [-0.2, -0.15) is 0 Å². The highest BCUT2D eigenvalue weighted by molar-refractivity contribution is 5.93. The van der Waals surface area contributed by atoms with Gasteiger partial charge in [-0.05, 0) is 38.5 Å². The largest absolute Gasteiger partial charge is 0.343 e. The van der Waals surface area contributed by atoms with Gasteiger partial charge in [-0.1, -0.05) is 12.3 Å². The van der Waals surface area contributed by atoms with E-state index in [2.05, 4.69) is 24.1 Å². The van der Waals surface area contributed by atoms with Gasteiger partial charge in [0.05, 0.1) is 0 Å². The molecule has 1 aliphatic rings. The molecule has 0 saturated heterocycles. The molecule has 1 atom stereocenters. The molecule has 0 radical (unpaired) electrons. The number of hydrogen-bond donors (Lipinski definition) is 1. The Balaban J connectivity index is 2.27. The molecule has 0 spiro atoms. The van der Waals surface area contributed by atoms with E-state index in [4.69, 9.17) is 0 Å². The fraction of sp³-hybridized carbons (Fsp3) is 0.700. The summed E-state index contributed by atoms with van der Waals surface area (Å²) in [6, 6.07) is 0.298. The molecule has 1 aliphatic carbocycles. The second-order valence-corrected chi connectivity index (χ2v) is 3.33. The molecular weight excluding hydrogens is 150 g/mol. The summed E-state index contributed by atoms with van der Waals surface area (Å²) in [6.45, 7) is 3.73. The average Bonchev–Trinajstić information content (AvgIpc) is 1.82. The molecule has 1 rings (SSSR count). The second kappa shape index (κ2) is 4.15. The maximum absolute atomic E-state index is 11.0. The molecule has 1 saturated carbocycles. The monoisotopic (exact) mass is 165 g/mol. The highest BCUT2D eigenvalue weighted by Gasteiger charge is 2.24. The van der Waals surface area contributed by atoms with E-state index in [0.29, 0.717) is 12.0 Å². The van der Waals surface area contributed by atoms with Crippen molar-refractivity contribution in [3.63, 3.8) is 0 Å². The molecule has 2 heteroatoms. The summed E-state index contributed by atoms with van der Waals surface area (Å²) in [5.74, 6) is 5.61. The molecule has 2 nitrogen and oxygen atoms in total. The van der Waals surface area contributed by atoms with Gasteiger partial charge in [-0.25, -0.2) is 0 Å². The minimum absolute atomic E-state index is 0.142. The summed E-state index contributed by atoms with van der Waals surface area (Å²) in [5.41, 5.74) is 0. The van der Waals surface area contributed by atoms with Gasteiger partial charge in [-0.3, -0.25) is 4.79 Å². The van der Waals surface area contributed by atoms with Gasteiger partial charge >= 0.3 is 0 Å². The summed E-state index contributed by atoms with van der Waals surface area (Å²) < 4.78 is 0. The molecule has 0 bridgehead atoms. The lowest BCUT2D eigenvalue weighted by molar-refractivity contribution is -0.116. The molecule has 66 valence electrons. The zero-order valence-corrected chi connectivity index (χ0v) is 7.68. The van der Waals surface area contributed by atoms with Crippen LogP contribution < -0.4 is 5.32 Å². The van der Waals surface area contributed by atoms with Crippen LogP contribution in [0.2, 0.25) is 0 Å². The fourth-order valence-electron chi connectivity index (χ4n) is 1.41. The number of carbonyl (C=O) groups is 1. The van der Waals surface area contributed by atoms with E-state index in [1.54, 1.807) is 6.92 Å². The Labute approximate surface area is 73.7 Å². The number of carbonyl (C=O) groups excluding carboxylic acids is 1. The number of rotatable bonds is 2. The van der Waals surface area contributed by atoms with E-state index in [1.165, 1.54) is 19.3 Å². The van der Waals surface area contributed by atoms with Crippen LogP contribution in [-0.2, 0) is 4.79 Å². The molecular formula is C10H15NO. The van der Waals surface area contributed by atoms with Crippen LogP contribution in [0.4, 0.5) is 0 Å². The van der Waals surface area contributed by atoms with Crippen molar-refractivity contribution < 1.29 is 4.79 Å². The van der Waals surface area contributed by atoms with Crippen molar-refractivity contribution >= 4 is 5.91 Å². The Kier molecular flexibility index (Phi) is 3.16. The molecule has 0 aromatic heterocycles. The minimum Gasteiger partial charge on any atom is -0.343 e. The van der Waals surface area contributed by atoms with Crippen molar-refractivity contribution in [2.45, 2.75) is 39.2 Å². The molecule has 1 N–H and O–H groups in total. The second-order valence-electron chi connectivity index (χ2n) is 3.33. The van der Waals surface area contributed by atoms with Gasteiger partial charge in [0.25, 0.3) is 5.91 Å². The Morgan fingerprint density at radius 3 is 2.67 bits per heavy atom. The van der Waals surface area contributed by atoms with Crippen LogP contribution in [0.3, 0.4) is 0 Å². The number of amides is 1.